The number of thiazole rings is 1. The molecule has 0 spiro atoms. The number of likely N-dealkylation sites (N-methyl/N-ethyl adjacent to an activating group) is 2. The predicted octanol–water partition coefficient (Wildman–Crippen LogP) is 2.14. The Balaban J connectivity index is 1.44. The molecule has 13 heteroatoms. The first-order valence-electron chi connectivity index (χ1n) is 12.5. The Bertz CT molecular complexity index is 1270. The molecule has 38 heavy (non-hydrogen) atoms. The summed E-state index contributed by atoms with van der Waals surface area (Å²) in [6, 6.07) is 6.15. The Morgan fingerprint density at radius 1 is 1.18 bits per heavy atom. The number of carbonyl (C=O) groups is 2. The summed E-state index contributed by atoms with van der Waals surface area (Å²) < 4.78 is 30.4. The molecular formula is C25H33N5O6S2. The molecule has 11 nitrogen and oxygen atoms in total. The largest absolute Gasteiger partial charge is 0.389 e. The lowest BCUT2D eigenvalue weighted by Crippen LogP contribution is -2.33. The first kappa shape index (κ1) is 28.1. The van der Waals surface area contributed by atoms with Gasteiger partial charge in [0.15, 0.2) is 26.8 Å². The number of oxime groups is 1. The van der Waals surface area contributed by atoms with E-state index in [0.717, 1.165) is 4.88 Å². The molecule has 2 heterocycles. The smallest absolute Gasteiger partial charge is 0.280 e. The lowest BCUT2D eigenvalue weighted by molar-refractivity contribution is -0.127. The summed E-state index contributed by atoms with van der Waals surface area (Å²) in [6.45, 7) is 4.41. The highest BCUT2D eigenvalue weighted by atomic mass is 32.2. The van der Waals surface area contributed by atoms with Crippen molar-refractivity contribution < 1.29 is 27.6 Å². The van der Waals surface area contributed by atoms with Crippen LogP contribution in [0.4, 0.5) is 5.13 Å². The summed E-state index contributed by atoms with van der Waals surface area (Å²) >= 11 is 1.34. The number of nitrogens with one attached hydrogen (secondary N) is 1. The number of anilines is 1. The fourth-order valence-electron chi connectivity index (χ4n) is 3.74. The second-order valence-electron chi connectivity index (χ2n) is 9.56. The Kier molecular flexibility index (Phi) is 9.13. The Labute approximate surface area is 226 Å². The van der Waals surface area contributed by atoms with Crippen LogP contribution >= 0.6 is 11.3 Å². The van der Waals surface area contributed by atoms with Crippen molar-refractivity contribution in [2.45, 2.75) is 49.0 Å². The molecule has 0 bridgehead atoms. The molecule has 1 atom stereocenters. The maximum atomic E-state index is 13.2. The molecule has 1 aliphatic heterocycles. The second kappa shape index (κ2) is 12.3. The number of sulfone groups is 1. The van der Waals surface area contributed by atoms with Gasteiger partial charge in [0.25, 0.3) is 5.91 Å². The number of nitrogens with zero attached hydrogens (tertiary/aromatic N) is 4. The zero-order chi connectivity index (χ0) is 27.3. The van der Waals surface area contributed by atoms with Gasteiger partial charge < -0.3 is 14.5 Å². The van der Waals surface area contributed by atoms with Crippen LogP contribution in [0.1, 0.15) is 36.6 Å². The van der Waals surface area contributed by atoms with E-state index in [1.807, 2.05) is 7.05 Å². The standard InChI is InChI=1S/C25H33N5O6S2/c1-17(31)30(3)12-11-29(2)15-20-14-26-25(37-20)27-24(32)23(28-36-19-10-13-35-16-19)18-4-6-21(7-5-18)38(33,34)22-8-9-22/h4-7,14,19,22H,8-13,15-16H2,1-3H3,(H,26,27,32)/t19-/m1/s1. The first-order chi connectivity index (χ1) is 18.1. The van der Waals surface area contributed by atoms with E-state index in [1.54, 1.807) is 30.3 Å². The number of ether oxygens (including phenoxy) is 1. The molecule has 206 valence electrons. The summed E-state index contributed by atoms with van der Waals surface area (Å²) in [5.41, 5.74) is 0.454. The maximum Gasteiger partial charge on any atom is 0.280 e. The van der Waals surface area contributed by atoms with E-state index < -0.39 is 15.7 Å². The zero-order valence-corrected chi connectivity index (χ0v) is 23.4. The highest BCUT2D eigenvalue weighted by Crippen LogP contribution is 2.33. The molecule has 1 saturated carbocycles. The lowest BCUT2D eigenvalue weighted by atomic mass is 10.1. The van der Waals surface area contributed by atoms with E-state index in [2.05, 4.69) is 20.4 Å². The summed E-state index contributed by atoms with van der Waals surface area (Å²) in [4.78, 5) is 39.4. The van der Waals surface area contributed by atoms with Gasteiger partial charge >= 0.3 is 0 Å². The van der Waals surface area contributed by atoms with Crippen LogP contribution in [0.3, 0.4) is 0 Å². The van der Waals surface area contributed by atoms with Gasteiger partial charge in [-0.3, -0.25) is 19.8 Å². The Hall–Kier alpha value is -2.87. The van der Waals surface area contributed by atoms with Gasteiger partial charge in [-0.05, 0) is 32.0 Å². The summed E-state index contributed by atoms with van der Waals surface area (Å²) in [7, 11) is 0.372. The highest BCUT2D eigenvalue weighted by molar-refractivity contribution is 7.92. The quantitative estimate of drug-likeness (QED) is 0.307. The SMILES string of the molecule is CC(=O)N(C)CCN(C)Cc1cnc(NC(=O)C(=NO[C@@H]2CCOC2)c2ccc(S(=O)(=O)C3CC3)cc2)s1. The minimum absolute atomic E-state index is 0.0160. The van der Waals surface area contributed by atoms with E-state index in [1.165, 1.54) is 30.4 Å². The molecule has 1 aromatic carbocycles. The molecule has 2 fully saturated rings. The number of hydrogen-bond acceptors (Lipinski definition) is 10. The number of benzene rings is 1. The lowest BCUT2D eigenvalue weighted by Gasteiger charge is -2.20. The molecule has 2 aromatic rings. The monoisotopic (exact) mass is 563 g/mol. The molecule has 4 rings (SSSR count). The molecule has 1 saturated heterocycles. The van der Waals surface area contributed by atoms with Crippen molar-refractivity contribution in [3.05, 3.63) is 40.9 Å². The normalized spacial score (nSPS) is 18.0. The fraction of sp³-hybridized carbons (Fsp3) is 0.520. The second-order valence-corrected chi connectivity index (χ2v) is 12.9. The average Bonchev–Trinajstić information content (AvgIpc) is 3.47. The van der Waals surface area contributed by atoms with E-state index in [9.17, 15) is 18.0 Å². The highest BCUT2D eigenvalue weighted by Gasteiger charge is 2.36. The van der Waals surface area contributed by atoms with Gasteiger partial charge in [-0.15, -0.1) is 11.3 Å². The van der Waals surface area contributed by atoms with Crippen LogP contribution in [0.15, 0.2) is 40.5 Å². The van der Waals surface area contributed by atoms with Gasteiger partial charge in [0.1, 0.15) is 0 Å². The van der Waals surface area contributed by atoms with Crippen molar-refractivity contribution in [3.8, 4) is 0 Å². The van der Waals surface area contributed by atoms with E-state index in [-0.39, 0.29) is 27.9 Å². The molecule has 1 aromatic heterocycles. The van der Waals surface area contributed by atoms with Crippen molar-refractivity contribution in [3.63, 3.8) is 0 Å². The van der Waals surface area contributed by atoms with Gasteiger partial charge in [0.2, 0.25) is 5.91 Å². The van der Waals surface area contributed by atoms with Crippen molar-refractivity contribution >= 4 is 43.8 Å². The summed E-state index contributed by atoms with van der Waals surface area (Å²) in [5, 5.41) is 7.01. The maximum absolute atomic E-state index is 13.2. The van der Waals surface area contributed by atoms with Gasteiger partial charge in [0, 0.05) is 56.7 Å². The zero-order valence-electron chi connectivity index (χ0n) is 21.8. The first-order valence-corrected chi connectivity index (χ1v) is 14.8. The van der Waals surface area contributed by atoms with Gasteiger partial charge in [-0.2, -0.15) is 0 Å². The van der Waals surface area contributed by atoms with Crippen LogP contribution in [0.25, 0.3) is 0 Å². The molecule has 2 amide bonds. The molecule has 1 N–H and O–H groups in total. The van der Waals surface area contributed by atoms with Crippen LogP contribution in [0, 0.1) is 0 Å². The molecule has 2 aliphatic rings. The van der Waals surface area contributed by atoms with E-state index in [4.69, 9.17) is 9.57 Å². The van der Waals surface area contributed by atoms with E-state index in [0.29, 0.717) is 62.8 Å². The third kappa shape index (κ3) is 7.37. The van der Waals surface area contributed by atoms with Crippen LogP contribution in [-0.2, 0) is 35.5 Å². The number of amides is 2. The van der Waals surface area contributed by atoms with Crippen LogP contribution in [0.5, 0.6) is 0 Å². The molecule has 1 aliphatic carbocycles. The summed E-state index contributed by atoms with van der Waals surface area (Å²) in [5.74, 6) is -0.499. The third-order valence-electron chi connectivity index (χ3n) is 6.37. The topological polar surface area (TPSA) is 130 Å². The van der Waals surface area contributed by atoms with Crippen molar-refractivity contribution in [1.82, 2.24) is 14.8 Å². The van der Waals surface area contributed by atoms with Crippen molar-refractivity contribution in [2.75, 3.05) is 45.7 Å². The molecule has 0 unspecified atom stereocenters. The van der Waals surface area contributed by atoms with Gasteiger partial charge in [-0.1, -0.05) is 17.3 Å². The van der Waals surface area contributed by atoms with Crippen molar-refractivity contribution in [2.24, 2.45) is 5.16 Å². The molecule has 0 radical (unpaired) electrons. The Morgan fingerprint density at radius 2 is 1.92 bits per heavy atom. The van der Waals surface area contributed by atoms with Crippen LogP contribution in [0.2, 0.25) is 0 Å². The number of aromatic nitrogens is 1. The van der Waals surface area contributed by atoms with E-state index >= 15 is 0 Å². The minimum atomic E-state index is -3.34. The number of hydrogen-bond donors (Lipinski definition) is 1. The average molecular weight is 564 g/mol. The van der Waals surface area contributed by atoms with Gasteiger partial charge in [0.05, 0.1) is 23.4 Å². The molecular weight excluding hydrogens is 530 g/mol. The number of carbonyl (C=O) groups excluding carboxylic acids is 2. The summed E-state index contributed by atoms with van der Waals surface area (Å²) in [6.07, 6.45) is 3.47. The van der Waals surface area contributed by atoms with Gasteiger partial charge in [-0.25, -0.2) is 13.4 Å². The van der Waals surface area contributed by atoms with Crippen LogP contribution in [-0.4, -0.2) is 92.5 Å². The fourth-order valence-corrected chi connectivity index (χ4v) is 6.28. The van der Waals surface area contributed by atoms with Crippen LogP contribution < -0.4 is 5.32 Å². The Morgan fingerprint density at radius 3 is 2.55 bits per heavy atom. The predicted molar refractivity (Wildman–Crippen MR) is 144 cm³/mol. The minimum Gasteiger partial charge on any atom is -0.389 e. The third-order valence-corrected chi connectivity index (χ3v) is 9.55. The van der Waals surface area contributed by atoms with Crippen molar-refractivity contribution in [1.29, 1.82) is 0 Å². The number of rotatable bonds is 12.